The van der Waals surface area contributed by atoms with Crippen LogP contribution >= 0.6 is 0 Å². The lowest BCUT2D eigenvalue weighted by molar-refractivity contribution is -0.132. The second-order valence-corrected chi connectivity index (χ2v) is 6.95. The maximum absolute atomic E-state index is 12.4. The molecular weight excluding hydrogens is 316 g/mol. The predicted molar refractivity (Wildman–Crippen MR) is 99.7 cm³/mol. The topological polar surface area (TPSA) is 73.6 Å². The van der Waals surface area contributed by atoms with Crippen LogP contribution in [0.4, 0.5) is 0 Å². The SMILES string of the molecule is COc1cccc(CCNC(=O)C(OC)C(N)CC2CCCCC2)c1. The molecule has 1 fully saturated rings. The van der Waals surface area contributed by atoms with Gasteiger partial charge < -0.3 is 20.5 Å². The number of hydrogen-bond acceptors (Lipinski definition) is 4. The van der Waals surface area contributed by atoms with Crippen LogP contribution in [0.3, 0.4) is 0 Å². The zero-order valence-electron chi connectivity index (χ0n) is 15.5. The van der Waals surface area contributed by atoms with Gasteiger partial charge in [-0.1, -0.05) is 44.2 Å². The van der Waals surface area contributed by atoms with E-state index in [2.05, 4.69) is 5.32 Å². The number of carbonyl (C=O) groups is 1. The summed E-state index contributed by atoms with van der Waals surface area (Å²) in [6, 6.07) is 7.62. The number of methoxy groups -OCH3 is 2. The Morgan fingerprint density at radius 3 is 2.72 bits per heavy atom. The molecule has 3 N–H and O–H groups in total. The first kappa shape index (κ1) is 19.7. The van der Waals surface area contributed by atoms with E-state index >= 15 is 0 Å². The molecule has 1 saturated carbocycles. The molecule has 2 rings (SSSR count). The summed E-state index contributed by atoms with van der Waals surface area (Å²) in [5, 5.41) is 2.95. The second kappa shape index (κ2) is 10.4. The van der Waals surface area contributed by atoms with Gasteiger partial charge in [0.05, 0.1) is 7.11 Å². The van der Waals surface area contributed by atoms with Gasteiger partial charge in [-0.15, -0.1) is 0 Å². The van der Waals surface area contributed by atoms with Gasteiger partial charge in [-0.25, -0.2) is 0 Å². The Hall–Kier alpha value is -1.59. The van der Waals surface area contributed by atoms with Gasteiger partial charge in [0, 0.05) is 19.7 Å². The van der Waals surface area contributed by atoms with Crippen molar-refractivity contribution in [2.45, 2.75) is 57.1 Å². The number of amides is 1. The highest BCUT2D eigenvalue weighted by Crippen LogP contribution is 2.27. The lowest BCUT2D eigenvalue weighted by atomic mass is 9.84. The van der Waals surface area contributed by atoms with Crippen molar-refractivity contribution in [1.29, 1.82) is 0 Å². The molecule has 2 atom stereocenters. The van der Waals surface area contributed by atoms with Crippen molar-refractivity contribution in [2.75, 3.05) is 20.8 Å². The normalized spacial score (nSPS) is 17.7. The van der Waals surface area contributed by atoms with E-state index in [0.29, 0.717) is 12.5 Å². The molecule has 5 heteroatoms. The first-order chi connectivity index (χ1) is 12.1. The van der Waals surface area contributed by atoms with E-state index < -0.39 is 6.10 Å². The van der Waals surface area contributed by atoms with Gasteiger partial charge in [0.2, 0.25) is 0 Å². The molecule has 140 valence electrons. The summed E-state index contributed by atoms with van der Waals surface area (Å²) in [6.45, 7) is 0.558. The summed E-state index contributed by atoms with van der Waals surface area (Å²) < 4.78 is 10.6. The van der Waals surface area contributed by atoms with Crippen LogP contribution in [0.2, 0.25) is 0 Å². The van der Waals surface area contributed by atoms with Crippen molar-refractivity contribution in [3.8, 4) is 5.75 Å². The van der Waals surface area contributed by atoms with Crippen LogP contribution in [-0.2, 0) is 16.0 Å². The molecule has 2 unspecified atom stereocenters. The molecule has 0 bridgehead atoms. The number of carbonyl (C=O) groups excluding carboxylic acids is 1. The highest BCUT2D eigenvalue weighted by atomic mass is 16.5. The number of nitrogens with one attached hydrogen (secondary N) is 1. The molecule has 0 radical (unpaired) electrons. The minimum absolute atomic E-state index is 0.117. The van der Waals surface area contributed by atoms with Gasteiger partial charge in [-0.05, 0) is 36.5 Å². The Bertz CT molecular complexity index is 529. The Morgan fingerprint density at radius 1 is 1.28 bits per heavy atom. The molecule has 0 heterocycles. The molecule has 1 aliphatic rings. The zero-order valence-corrected chi connectivity index (χ0v) is 15.5. The van der Waals surface area contributed by atoms with E-state index in [0.717, 1.165) is 24.2 Å². The van der Waals surface area contributed by atoms with Crippen LogP contribution in [0.1, 0.15) is 44.1 Å². The van der Waals surface area contributed by atoms with Crippen molar-refractivity contribution >= 4 is 5.91 Å². The monoisotopic (exact) mass is 348 g/mol. The summed E-state index contributed by atoms with van der Waals surface area (Å²) in [4.78, 5) is 12.4. The Morgan fingerprint density at radius 2 is 2.04 bits per heavy atom. The van der Waals surface area contributed by atoms with E-state index in [4.69, 9.17) is 15.2 Å². The third kappa shape index (κ3) is 6.33. The molecular formula is C20H32N2O3. The number of nitrogens with two attached hydrogens (primary N) is 1. The third-order valence-electron chi connectivity index (χ3n) is 5.08. The second-order valence-electron chi connectivity index (χ2n) is 6.95. The lowest BCUT2D eigenvalue weighted by Gasteiger charge is -2.28. The van der Waals surface area contributed by atoms with Crippen molar-refractivity contribution in [2.24, 2.45) is 11.7 Å². The maximum Gasteiger partial charge on any atom is 0.250 e. The standard InChI is InChI=1S/C20H32N2O3/c1-24-17-10-6-9-16(13-17)11-12-22-20(23)19(25-2)18(21)14-15-7-4-3-5-8-15/h6,9-10,13,15,18-19H,3-5,7-8,11-12,14,21H2,1-2H3,(H,22,23). The average molecular weight is 348 g/mol. The molecule has 1 aromatic carbocycles. The molecule has 25 heavy (non-hydrogen) atoms. The Labute approximate surface area is 151 Å². The van der Waals surface area contributed by atoms with E-state index in [-0.39, 0.29) is 11.9 Å². The van der Waals surface area contributed by atoms with E-state index in [1.807, 2.05) is 24.3 Å². The number of ether oxygens (including phenoxy) is 2. The van der Waals surface area contributed by atoms with Gasteiger partial charge >= 0.3 is 0 Å². The third-order valence-corrected chi connectivity index (χ3v) is 5.08. The van der Waals surface area contributed by atoms with Gasteiger partial charge in [0.15, 0.2) is 6.10 Å². The molecule has 0 aliphatic heterocycles. The van der Waals surface area contributed by atoms with Crippen LogP contribution in [0.15, 0.2) is 24.3 Å². The van der Waals surface area contributed by atoms with Crippen molar-refractivity contribution in [3.63, 3.8) is 0 Å². The molecule has 0 aromatic heterocycles. The number of hydrogen-bond donors (Lipinski definition) is 2. The lowest BCUT2D eigenvalue weighted by Crippen LogP contribution is -2.48. The Balaban J connectivity index is 1.78. The van der Waals surface area contributed by atoms with Gasteiger partial charge in [-0.3, -0.25) is 4.79 Å². The summed E-state index contributed by atoms with van der Waals surface area (Å²) in [5.74, 6) is 1.34. The van der Waals surface area contributed by atoms with Crippen molar-refractivity contribution in [1.82, 2.24) is 5.32 Å². The average Bonchev–Trinajstić information content (AvgIpc) is 2.63. The maximum atomic E-state index is 12.4. The van der Waals surface area contributed by atoms with Gasteiger partial charge in [0.25, 0.3) is 5.91 Å². The van der Waals surface area contributed by atoms with Gasteiger partial charge in [0.1, 0.15) is 5.75 Å². The molecule has 1 amide bonds. The molecule has 5 nitrogen and oxygen atoms in total. The molecule has 0 saturated heterocycles. The Kier molecular flexibility index (Phi) is 8.22. The summed E-state index contributed by atoms with van der Waals surface area (Å²) in [6.07, 6.45) is 7.36. The summed E-state index contributed by atoms with van der Waals surface area (Å²) in [7, 11) is 3.21. The van der Waals surface area contributed by atoms with E-state index in [1.165, 1.54) is 32.1 Å². The van der Waals surface area contributed by atoms with Crippen molar-refractivity contribution < 1.29 is 14.3 Å². The van der Waals surface area contributed by atoms with E-state index in [1.54, 1.807) is 14.2 Å². The molecule has 1 aliphatic carbocycles. The minimum atomic E-state index is -0.577. The summed E-state index contributed by atoms with van der Waals surface area (Å²) in [5.41, 5.74) is 7.40. The number of rotatable bonds is 9. The predicted octanol–water partition coefficient (Wildman–Crippen LogP) is 2.67. The zero-order chi connectivity index (χ0) is 18.1. The van der Waals surface area contributed by atoms with Crippen LogP contribution in [0.25, 0.3) is 0 Å². The molecule has 0 spiro atoms. The first-order valence-electron chi connectivity index (χ1n) is 9.33. The fourth-order valence-corrected chi connectivity index (χ4v) is 3.67. The van der Waals surface area contributed by atoms with Crippen LogP contribution in [0, 0.1) is 5.92 Å². The fraction of sp³-hybridized carbons (Fsp3) is 0.650. The summed E-state index contributed by atoms with van der Waals surface area (Å²) >= 11 is 0. The highest BCUT2D eigenvalue weighted by Gasteiger charge is 2.28. The van der Waals surface area contributed by atoms with E-state index in [9.17, 15) is 4.79 Å². The van der Waals surface area contributed by atoms with Crippen LogP contribution < -0.4 is 15.8 Å². The first-order valence-corrected chi connectivity index (χ1v) is 9.33. The van der Waals surface area contributed by atoms with Gasteiger partial charge in [-0.2, -0.15) is 0 Å². The van der Waals surface area contributed by atoms with Crippen LogP contribution in [0.5, 0.6) is 5.75 Å². The minimum Gasteiger partial charge on any atom is -0.497 e. The smallest absolute Gasteiger partial charge is 0.250 e. The number of benzene rings is 1. The highest BCUT2D eigenvalue weighted by molar-refractivity contribution is 5.81. The largest absolute Gasteiger partial charge is 0.497 e. The van der Waals surface area contributed by atoms with Crippen LogP contribution in [-0.4, -0.2) is 38.8 Å². The van der Waals surface area contributed by atoms with Crippen molar-refractivity contribution in [3.05, 3.63) is 29.8 Å². The molecule has 1 aromatic rings. The quantitative estimate of drug-likeness (QED) is 0.719. The fourth-order valence-electron chi connectivity index (χ4n) is 3.67.